The first-order chi connectivity index (χ1) is 7.50. The summed E-state index contributed by atoms with van der Waals surface area (Å²) in [6, 6.07) is 4.94. The molecule has 0 aliphatic carbocycles. The summed E-state index contributed by atoms with van der Waals surface area (Å²) in [7, 11) is -3.33. The van der Waals surface area contributed by atoms with Crippen molar-refractivity contribution in [2.75, 3.05) is 13.1 Å². The van der Waals surface area contributed by atoms with Crippen LogP contribution in [0.2, 0.25) is 5.02 Å². The van der Waals surface area contributed by atoms with Crippen LogP contribution in [-0.2, 0) is 10.0 Å². The summed E-state index contributed by atoms with van der Waals surface area (Å²) < 4.78 is 25.9. The molecule has 1 aliphatic rings. The van der Waals surface area contributed by atoms with Crippen molar-refractivity contribution in [3.05, 3.63) is 28.8 Å². The zero-order valence-electron chi connectivity index (χ0n) is 9.11. The third-order valence-electron chi connectivity index (χ3n) is 2.72. The molecule has 0 bridgehead atoms. The smallest absolute Gasteiger partial charge is 0.207 e. The van der Waals surface area contributed by atoms with Crippen molar-refractivity contribution in [2.24, 2.45) is 0 Å². The maximum atomic E-state index is 12.2. The third-order valence-corrected chi connectivity index (χ3v) is 4.81. The molecule has 0 N–H and O–H groups in total. The number of hydrogen-bond donors (Lipinski definition) is 0. The molecule has 2 rings (SSSR count). The van der Waals surface area contributed by atoms with Gasteiger partial charge in [-0.1, -0.05) is 11.6 Å². The molecule has 16 heavy (non-hydrogen) atoms. The van der Waals surface area contributed by atoms with Crippen LogP contribution in [-0.4, -0.2) is 25.8 Å². The standard InChI is InChI=1S/C11H14ClNO2S/c1-9-6-10(12)8-11(7-9)16(14,15)13-4-2-3-5-13/h6-8H,2-5H2,1H3. The SMILES string of the molecule is Cc1cc(Cl)cc(S(=O)(=O)N2CCCC2)c1. The third kappa shape index (κ3) is 2.24. The van der Waals surface area contributed by atoms with Crippen LogP contribution in [0.25, 0.3) is 0 Å². The Bertz CT molecular complexity index is 472. The topological polar surface area (TPSA) is 37.4 Å². The average molecular weight is 260 g/mol. The number of rotatable bonds is 2. The van der Waals surface area contributed by atoms with Gasteiger partial charge < -0.3 is 0 Å². The highest BCUT2D eigenvalue weighted by Crippen LogP contribution is 2.24. The lowest BCUT2D eigenvalue weighted by molar-refractivity contribution is 0.477. The number of hydrogen-bond acceptors (Lipinski definition) is 2. The summed E-state index contributed by atoms with van der Waals surface area (Å²) in [6.45, 7) is 3.08. The molecule has 0 aromatic heterocycles. The summed E-state index contributed by atoms with van der Waals surface area (Å²) in [6.07, 6.45) is 1.89. The number of benzene rings is 1. The van der Waals surface area contributed by atoms with Gasteiger partial charge in [-0.2, -0.15) is 4.31 Å². The second-order valence-electron chi connectivity index (χ2n) is 4.08. The van der Waals surface area contributed by atoms with E-state index in [0.717, 1.165) is 18.4 Å². The summed E-state index contributed by atoms with van der Waals surface area (Å²) >= 11 is 5.88. The molecule has 0 atom stereocenters. The fourth-order valence-electron chi connectivity index (χ4n) is 1.93. The van der Waals surface area contributed by atoms with Gasteiger partial charge in [0.1, 0.15) is 0 Å². The Labute approximate surface area is 101 Å². The molecular weight excluding hydrogens is 246 g/mol. The summed E-state index contributed by atoms with van der Waals surface area (Å²) in [4.78, 5) is 0.305. The summed E-state index contributed by atoms with van der Waals surface area (Å²) in [5, 5.41) is 0.470. The highest BCUT2D eigenvalue weighted by atomic mass is 35.5. The van der Waals surface area contributed by atoms with Crippen LogP contribution in [0.4, 0.5) is 0 Å². The second-order valence-corrected chi connectivity index (χ2v) is 6.45. The van der Waals surface area contributed by atoms with Crippen molar-refractivity contribution in [3.8, 4) is 0 Å². The molecule has 0 saturated carbocycles. The van der Waals surface area contributed by atoms with Gasteiger partial charge in [0.05, 0.1) is 4.90 Å². The van der Waals surface area contributed by atoms with Gasteiger partial charge in [0.15, 0.2) is 0 Å². The molecule has 0 amide bonds. The van der Waals surface area contributed by atoms with Crippen molar-refractivity contribution in [1.82, 2.24) is 4.31 Å². The minimum atomic E-state index is -3.33. The lowest BCUT2D eigenvalue weighted by Crippen LogP contribution is -2.27. The van der Waals surface area contributed by atoms with Gasteiger partial charge in [-0.3, -0.25) is 0 Å². The molecule has 1 aromatic carbocycles. The van der Waals surface area contributed by atoms with E-state index in [1.807, 2.05) is 6.92 Å². The maximum absolute atomic E-state index is 12.2. The fourth-order valence-corrected chi connectivity index (χ4v) is 3.93. The largest absolute Gasteiger partial charge is 0.243 e. The van der Waals surface area contributed by atoms with E-state index in [9.17, 15) is 8.42 Å². The zero-order chi connectivity index (χ0) is 11.8. The van der Waals surface area contributed by atoms with Crippen LogP contribution in [0.5, 0.6) is 0 Å². The van der Waals surface area contributed by atoms with Crippen molar-refractivity contribution in [2.45, 2.75) is 24.7 Å². The number of halogens is 1. The predicted octanol–water partition coefficient (Wildman–Crippen LogP) is 2.43. The van der Waals surface area contributed by atoms with E-state index >= 15 is 0 Å². The Morgan fingerprint density at radius 1 is 1.19 bits per heavy atom. The van der Waals surface area contributed by atoms with Crippen LogP contribution >= 0.6 is 11.6 Å². The van der Waals surface area contributed by atoms with Crippen LogP contribution in [0.1, 0.15) is 18.4 Å². The molecule has 0 unspecified atom stereocenters. The molecular formula is C11H14ClNO2S. The first-order valence-corrected chi connectivity index (χ1v) is 7.09. The van der Waals surface area contributed by atoms with Gasteiger partial charge >= 0.3 is 0 Å². The van der Waals surface area contributed by atoms with Gasteiger partial charge in [-0.05, 0) is 43.5 Å². The Kier molecular flexibility index (Phi) is 3.24. The molecule has 1 aromatic rings. The van der Waals surface area contributed by atoms with Crippen LogP contribution in [0.3, 0.4) is 0 Å². The summed E-state index contributed by atoms with van der Waals surface area (Å²) in [5.41, 5.74) is 0.866. The minimum absolute atomic E-state index is 0.305. The lowest BCUT2D eigenvalue weighted by atomic mass is 10.2. The van der Waals surface area contributed by atoms with Crippen molar-refractivity contribution in [3.63, 3.8) is 0 Å². The van der Waals surface area contributed by atoms with Crippen molar-refractivity contribution < 1.29 is 8.42 Å². The molecule has 3 nitrogen and oxygen atoms in total. The molecule has 5 heteroatoms. The van der Waals surface area contributed by atoms with E-state index in [-0.39, 0.29) is 0 Å². The molecule has 1 aliphatic heterocycles. The Morgan fingerprint density at radius 2 is 1.81 bits per heavy atom. The van der Waals surface area contributed by atoms with Gasteiger partial charge in [0.25, 0.3) is 0 Å². The van der Waals surface area contributed by atoms with E-state index in [2.05, 4.69) is 0 Å². The highest BCUT2D eigenvalue weighted by Gasteiger charge is 2.27. The zero-order valence-corrected chi connectivity index (χ0v) is 10.7. The van der Waals surface area contributed by atoms with Crippen molar-refractivity contribution >= 4 is 21.6 Å². The summed E-state index contributed by atoms with van der Waals surface area (Å²) in [5.74, 6) is 0. The van der Waals surface area contributed by atoms with E-state index in [0.29, 0.717) is 23.0 Å². The van der Waals surface area contributed by atoms with Crippen LogP contribution in [0, 0.1) is 6.92 Å². The highest BCUT2D eigenvalue weighted by molar-refractivity contribution is 7.89. The molecule has 1 saturated heterocycles. The van der Waals surface area contributed by atoms with E-state index in [1.165, 1.54) is 10.4 Å². The van der Waals surface area contributed by atoms with Gasteiger partial charge in [-0.15, -0.1) is 0 Å². The normalized spacial score (nSPS) is 17.9. The monoisotopic (exact) mass is 259 g/mol. The van der Waals surface area contributed by atoms with E-state index < -0.39 is 10.0 Å². The van der Waals surface area contributed by atoms with E-state index in [1.54, 1.807) is 12.1 Å². The Hall–Kier alpha value is -0.580. The van der Waals surface area contributed by atoms with Crippen LogP contribution < -0.4 is 0 Å². The van der Waals surface area contributed by atoms with Crippen LogP contribution in [0.15, 0.2) is 23.1 Å². The second kappa shape index (κ2) is 4.35. The van der Waals surface area contributed by atoms with Crippen molar-refractivity contribution in [1.29, 1.82) is 0 Å². The fraction of sp³-hybridized carbons (Fsp3) is 0.455. The van der Waals surface area contributed by atoms with Gasteiger partial charge in [0, 0.05) is 18.1 Å². The first kappa shape index (κ1) is 11.9. The quantitative estimate of drug-likeness (QED) is 0.818. The Morgan fingerprint density at radius 3 is 2.38 bits per heavy atom. The lowest BCUT2D eigenvalue weighted by Gasteiger charge is -2.15. The predicted molar refractivity (Wildman–Crippen MR) is 64.2 cm³/mol. The van der Waals surface area contributed by atoms with Gasteiger partial charge in [0.2, 0.25) is 10.0 Å². The number of aryl methyl sites for hydroxylation is 1. The number of nitrogens with zero attached hydrogens (tertiary/aromatic N) is 1. The molecule has 1 heterocycles. The molecule has 88 valence electrons. The van der Waals surface area contributed by atoms with E-state index in [4.69, 9.17) is 11.6 Å². The number of sulfonamides is 1. The van der Waals surface area contributed by atoms with Gasteiger partial charge in [-0.25, -0.2) is 8.42 Å². The molecule has 0 spiro atoms. The average Bonchev–Trinajstić information content (AvgIpc) is 2.69. The maximum Gasteiger partial charge on any atom is 0.243 e. The Balaban J connectivity index is 2.42. The molecule has 1 fully saturated rings. The molecule has 0 radical (unpaired) electrons. The minimum Gasteiger partial charge on any atom is -0.207 e. The first-order valence-electron chi connectivity index (χ1n) is 5.27.